The Hall–Kier alpha value is -1.69. The van der Waals surface area contributed by atoms with Crippen LogP contribution in [-0.4, -0.2) is 14.7 Å². The standard InChI is InChI=1S/C10H10N2O3S/c1-12-3-2-11-10(12)16-6-7-4-8(13)9(14)5-15-7/h2-5,14H,6H2,1H3. The van der Waals surface area contributed by atoms with Crippen molar-refractivity contribution in [2.24, 2.45) is 7.05 Å². The van der Waals surface area contributed by atoms with Crippen LogP contribution in [0.5, 0.6) is 5.75 Å². The van der Waals surface area contributed by atoms with Gasteiger partial charge in [0.15, 0.2) is 10.9 Å². The summed E-state index contributed by atoms with van der Waals surface area (Å²) in [5.74, 6) is 0.641. The first kappa shape index (κ1) is 10.8. The smallest absolute Gasteiger partial charge is 0.226 e. The Morgan fingerprint density at radius 1 is 1.62 bits per heavy atom. The summed E-state index contributed by atoms with van der Waals surface area (Å²) in [7, 11) is 1.89. The van der Waals surface area contributed by atoms with Crippen molar-refractivity contribution >= 4 is 11.8 Å². The Bertz CT molecular complexity index is 547. The van der Waals surface area contributed by atoms with Crippen LogP contribution in [0.4, 0.5) is 0 Å². The molecule has 2 rings (SSSR count). The molecule has 0 unspecified atom stereocenters. The van der Waals surface area contributed by atoms with Gasteiger partial charge in [0, 0.05) is 25.5 Å². The first-order valence-electron chi connectivity index (χ1n) is 4.57. The lowest BCUT2D eigenvalue weighted by atomic mass is 10.4. The summed E-state index contributed by atoms with van der Waals surface area (Å²) in [6.45, 7) is 0. The van der Waals surface area contributed by atoms with E-state index in [0.29, 0.717) is 11.5 Å². The van der Waals surface area contributed by atoms with E-state index in [9.17, 15) is 4.79 Å². The zero-order chi connectivity index (χ0) is 11.5. The molecule has 0 fully saturated rings. The number of imidazole rings is 1. The molecule has 0 aliphatic heterocycles. The highest BCUT2D eigenvalue weighted by Crippen LogP contribution is 2.20. The molecule has 0 atom stereocenters. The Morgan fingerprint density at radius 3 is 3.06 bits per heavy atom. The summed E-state index contributed by atoms with van der Waals surface area (Å²) >= 11 is 1.46. The zero-order valence-corrected chi connectivity index (χ0v) is 9.40. The molecule has 1 N–H and O–H groups in total. The van der Waals surface area contributed by atoms with E-state index in [1.165, 1.54) is 17.8 Å². The molecule has 0 radical (unpaired) electrons. The normalized spacial score (nSPS) is 10.6. The van der Waals surface area contributed by atoms with Gasteiger partial charge >= 0.3 is 0 Å². The van der Waals surface area contributed by atoms with Crippen molar-refractivity contribution in [1.29, 1.82) is 0 Å². The number of aromatic nitrogens is 2. The molecule has 2 heterocycles. The molecule has 0 spiro atoms. The molecule has 0 aromatic carbocycles. The van der Waals surface area contributed by atoms with E-state index in [1.54, 1.807) is 6.20 Å². The van der Waals surface area contributed by atoms with Gasteiger partial charge in [-0.05, 0) is 0 Å². The van der Waals surface area contributed by atoms with Gasteiger partial charge in [-0.3, -0.25) is 4.79 Å². The van der Waals surface area contributed by atoms with Crippen molar-refractivity contribution < 1.29 is 9.52 Å². The fraction of sp³-hybridized carbons (Fsp3) is 0.200. The van der Waals surface area contributed by atoms with Crippen LogP contribution in [0, 0.1) is 0 Å². The molecule has 0 aliphatic rings. The lowest BCUT2D eigenvalue weighted by Gasteiger charge is -2.00. The third-order valence-corrected chi connectivity index (χ3v) is 3.07. The van der Waals surface area contributed by atoms with Crippen molar-refractivity contribution in [2.75, 3.05) is 0 Å². The van der Waals surface area contributed by atoms with E-state index in [1.807, 2.05) is 17.8 Å². The molecule has 0 saturated heterocycles. The maximum absolute atomic E-state index is 11.1. The van der Waals surface area contributed by atoms with Gasteiger partial charge in [0.25, 0.3) is 0 Å². The molecular formula is C10H10N2O3S. The first-order chi connectivity index (χ1) is 7.66. The van der Waals surface area contributed by atoms with Crippen molar-refractivity contribution in [3.8, 4) is 5.75 Å². The largest absolute Gasteiger partial charge is 0.502 e. The third kappa shape index (κ3) is 2.27. The van der Waals surface area contributed by atoms with Crippen LogP contribution in [-0.2, 0) is 12.8 Å². The number of rotatable bonds is 3. The van der Waals surface area contributed by atoms with Gasteiger partial charge in [-0.25, -0.2) is 4.98 Å². The topological polar surface area (TPSA) is 68.3 Å². The molecule has 0 bridgehead atoms. The highest BCUT2D eigenvalue weighted by molar-refractivity contribution is 7.98. The maximum Gasteiger partial charge on any atom is 0.226 e. The average Bonchev–Trinajstić information content (AvgIpc) is 2.66. The second-order valence-electron chi connectivity index (χ2n) is 3.21. The van der Waals surface area contributed by atoms with Crippen LogP contribution < -0.4 is 5.43 Å². The Labute approximate surface area is 95.7 Å². The SMILES string of the molecule is Cn1ccnc1SCc1cc(=O)c(O)co1. The van der Waals surface area contributed by atoms with Crippen molar-refractivity contribution in [3.05, 3.63) is 40.7 Å². The molecule has 84 valence electrons. The lowest BCUT2D eigenvalue weighted by molar-refractivity contribution is 0.419. The van der Waals surface area contributed by atoms with Crippen molar-refractivity contribution in [1.82, 2.24) is 9.55 Å². The number of nitrogens with zero attached hydrogens (tertiary/aromatic N) is 2. The molecule has 2 aromatic rings. The predicted octanol–water partition coefficient (Wildman–Crippen LogP) is 1.37. The summed E-state index contributed by atoms with van der Waals surface area (Å²) in [5, 5.41) is 9.85. The number of aryl methyl sites for hydroxylation is 1. The van der Waals surface area contributed by atoms with Gasteiger partial charge in [-0.2, -0.15) is 0 Å². The quantitative estimate of drug-likeness (QED) is 0.818. The summed E-state index contributed by atoms with van der Waals surface area (Å²) in [4.78, 5) is 15.3. The Kier molecular flexibility index (Phi) is 3.00. The van der Waals surface area contributed by atoms with Gasteiger partial charge in [0.05, 0.1) is 5.75 Å². The summed E-state index contributed by atoms with van der Waals surface area (Å²) < 4.78 is 6.95. The average molecular weight is 238 g/mol. The summed E-state index contributed by atoms with van der Waals surface area (Å²) in [6.07, 6.45) is 4.60. The van der Waals surface area contributed by atoms with Crippen molar-refractivity contribution in [3.63, 3.8) is 0 Å². The first-order valence-corrected chi connectivity index (χ1v) is 5.56. The molecule has 0 aliphatic carbocycles. The van der Waals surface area contributed by atoms with Gasteiger partial charge < -0.3 is 14.1 Å². The maximum atomic E-state index is 11.1. The minimum Gasteiger partial charge on any atom is -0.502 e. The van der Waals surface area contributed by atoms with Crippen LogP contribution in [0.15, 0.2) is 39.1 Å². The second kappa shape index (κ2) is 4.44. The molecule has 2 aromatic heterocycles. The second-order valence-corrected chi connectivity index (χ2v) is 4.15. The van der Waals surface area contributed by atoms with Crippen LogP contribution in [0.3, 0.4) is 0 Å². The van der Waals surface area contributed by atoms with Crippen molar-refractivity contribution in [2.45, 2.75) is 10.9 Å². The number of thioether (sulfide) groups is 1. The fourth-order valence-electron chi connectivity index (χ4n) is 1.15. The molecule has 6 heteroatoms. The van der Waals surface area contributed by atoms with Gasteiger partial charge in [0.1, 0.15) is 12.0 Å². The fourth-order valence-corrected chi connectivity index (χ4v) is 1.97. The predicted molar refractivity (Wildman–Crippen MR) is 59.4 cm³/mol. The van der Waals surface area contributed by atoms with Crippen LogP contribution in [0.1, 0.15) is 5.76 Å². The highest BCUT2D eigenvalue weighted by Gasteiger charge is 2.05. The third-order valence-electron chi connectivity index (χ3n) is 1.99. The molecule has 0 saturated carbocycles. The lowest BCUT2D eigenvalue weighted by Crippen LogP contribution is -1.99. The number of aromatic hydroxyl groups is 1. The minimum absolute atomic E-state index is 0.370. The van der Waals surface area contributed by atoms with Gasteiger partial charge in [-0.15, -0.1) is 0 Å². The van der Waals surface area contributed by atoms with Crippen LogP contribution in [0.25, 0.3) is 0 Å². The van der Waals surface area contributed by atoms with Gasteiger partial charge in [-0.1, -0.05) is 11.8 Å². The summed E-state index contributed by atoms with van der Waals surface area (Å²) in [5.41, 5.74) is -0.429. The number of hydrogen-bond acceptors (Lipinski definition) is 5. The van der Waals surface area contributed by atoms with E-state index in [2.05, 4.69) is 4.98 Å². The highest BCUT2D eigenvalue weighted by atomic mass is 32.2. The van der Waals surface area contributed by atoms with Crippen LogP contribution in [0.2, 0.25) is 0 Å². The zero-order valence-electron chi connectivity index (χ0n) is 8.58. The van der Waals surface area contributed by atoms with E-state index in [4.69, 9.17) is 9.52 Å². The summed E-state index contributed by atoms with van der Waals surface area (Å²) in [6, 6.07) is 1.28. The molecule has 16 heavy (non-hydrogen) atoms. The van der Waals surface area contributed by atoms with E-state index in [-0.39, 0.29) is 5.75 Å². The number of hydrogen-bond donors (Lipinski definition) is 1. The van der Waals surface area contributed by atoms with E-state index < -0.39 is 5.43 Å². The minimum atomic E-state index is -0.429. The van der Waals surface area contributed by atoms with Gasteiger partial charge in [0.2, 0.25) is 5.43 Å². The van der Waals surface area contributed by atoms with Crippen LogP contribution >= 0.6 is 11.8 Å². The molecular weight excluding hydrogens is 228 g/mol. The molecule has 0 amide bonds. The molecule has 5 nitrogen and oxygen atoms in total. The Balaban J connectivity index is 2.08. The van der Waals surface area contributed by atoms with E-state index >= 15 is 0 Å². The van der Waals surface area contributed by atoms with E-state index in [0.717, 1.165) is 11.4 Å². The monoisotopic (exact) mass is 238 g/mol. The Morgan fingerprint density at radius 2 is 2.44 bits per heavy atom.